The Morgan fingerprint density at radius 3 is 2.75 bits per heavy atom. The Morgan fingerprint density at radius 2 is 2.12 bits per heavy atom. The standard InChI is InChI=1S/C17H24BrN3O3/c1-11-8-13(18)14(19-9-11)15(22)21-7-5-6-12(10-21)20-16(23)24-17(2,3)4/h8-9,12H,5-7,10H2,1-4H3,(H,20,23). The van der Waals surface area contributed by atoms with Gasteiger partial charge >= 0.3 is 6.09 Å². The molecule has 1 unspecified atom stereocenters. The van der Waals surface area contributed by atoms with Crippen LogP contribution in [0.4, 0.5) is 4.79 Å². The molecule has 2 heterocycles. The Balaban J connectivity index is 1.99. The lowest BCUT2D eigenvalue weighted by Gasteiger charge is -2.33. The van der Waals surface area contributed by atoms with Gasteiger partial charge < -0.3 is 15.0 Å². The van der Waals surface area contributed by atoms with Gasteiger partial charge in [0.2, 0.25) is 0 Å². The van der Waals surface area contributed by atoms with Crippen molar-refractivity contribution in [2.24, 2.45) is 0 Å². The maximum Gasteiger partial charge on any atom is 0.407 e. The third kappa shape index (κ3) is 5.19. The van der Waals surface area contributed by atoms with Crippen LogP contribution in [-0.2, 0) is 4.74 Å². The van der Waals surface area contributed by atoms with Crippen LogP contribution in [0.1, 0.15) is 49.7 Å². The predicted molar refractivity (Wildman–Crippen MR) is 95.0 cm³/mol. The van der Waals surface area contributed by atoms with Crippen molar-refractivity contribution >= 4 is 27.9 Å². The molecular formula is C17H24BrN3O3. The lowest BCUT2D eigenvalue weighted by Crippen LogP contribution is -2.50. The van der Waals surface area contributed by atoms with Gasteiger partial charge in [-0.3, -0.25) is 4.79 Å². The van der Waals surface area contributed by atoms with Crippen molar-refractivity contribution in [2.45, 2.75) is 52.2 Å². The Labute approximate surface area is 151 Å². The number of halogens is 1. The summed E-state index contributed by atoms with van der Waals surface area (Å²) in [7, 11) is 0. The molecule has 2 rings (SSSR count). The molecular weight excluding hydrogens is 374 g/mol. The number of pyridine rings is 1. The Bertz CT molecular complexity index is 628. The third-order valence-electron chi connectivity index (χ3n) is 3.61. The van der Waals surface area contributed by atoms with Crippen LogP contribution in [0.5, 0.6) is 0 Å². The first-order valence-electron chi connectivity index (χ1n) is 8.06. The molecule has 1 aliphatic heterocycles. The molecule has 6 nitrogen and oxygen atoms in total. The van der Waals surface area contributed by atoms with E-state index in [2.05, 4.69) is 26.2 Å². The summed E-state index contributed by atoms with van der Waals surface area (Å²) < 4.78 is 5.97. The third-order valence-corrected chi connectivity index (χ3v) is 4.21. The van der Waals surface area contributed by atoms with E-state index in [1.807, 2.05) is 33.8 Å². The molecule has 2 amide bonds. The highest BCUT2D eigenvalue weighted by Gasteiger charge is 2.28. The van der Waals surface area contributed by atoms with Gasteiger partial charge in [-0.05, 0) is 68.1 Å². The minimum atomic E-state index is -0.537. The van der Waals surface area contributed by atoms with Crippen molar-refractivity contribution in [2.75, 3.05) is 13.1 Å². The van der Waals surface area contributed by atoms with Gasteiger partial charge in [0.1, 0.15) is 11.3 Å². The summed E-state index contributed by atoms with van der Waals surface area (Å²) >= 11 is 3.40. The molecule has 0 spiro atoms. The SMILES string of the molecule is Cc1cnc(C(=O)N2CCCC(NC(=O)OC(C)(C)C)C2)c(Br)c1. The highest BCUT2D eigenvalue weighted by atomic mass is 79.9. The fourth-order valence-corrected chi connectivity index (χ4v) is 3.23. The molecule has 0 saturated carbocycles. The number of nitrogens with one attached hydrogen (secondary N) is 1. The fraction of sp³-hybridized carbons (Fsp3) is 0.588. The molecule has 1 N–H and O–H groups in total. The van der Waals surface area contributed by atoms with Gasteiger partial charge in [0, 0.05) is 29.8 Å². The number of likely N-dealkylation sites (tertiary alicyclic amines) is 1. The van der Waals surface area contributed by atoms with Crippen LogP contribution in [0.15, 0.2) is 16.7 Å². The fourth-order valence-electron chi connectivity index (χ4n) is 2.59. The lowest BCUT2D eigenvalue weighted by molar-refractivity contribution is 0.0451. The van der Waals surface area contributed by atoms with E-state index < -0.39 is 11.7 Å². The summed E-state index contributed by atoms with van der Waals surface area (Å²) in [4.78, 5) is 30.6. The zero-order valence-electron chi connectivity index (χ0n) is 14.6. The lowest BCUT2D eigenvalue weighted by atomic mass is 10.1. The maximum absolute atomic E-state index is 12.7. The van der Waals surface area contributed by atoms with E-state index in [-0.39, 0.29) is 11.9 Å². The zero-order chi connectivity index (χ0) is 17.9. The topological polar surface area (TPSA) is 71.5 Å². The van der Waals surface area contributed by atoms with Crippen molar-refractivity contribution in [1.82, 2.24) is 15.2 Å². The van der Waals surface area contributed by atoms with Gasteiger partial charge in [-0.15, -0.1) is 0 Å². The highest BCUT2D eigenvalue weighted by Crippen LogP contribution is 2.20. The number of carbonyl (C=O) groups is 2. The molecule has 1 aliphatic rings. The summed E-state index contributed by atoms with van der Waals surface area (Å²) in [6, 6.07) is 1.77. The van der Waals surface area contributed by atoms with E-state index in [0.29, 0.717) is 23.3 Å². The van der Waals surface area contributed by atoms with Crippen molar-refractivity contribution < 1.29 is 14.3 Å². The van der Waals surface area contributed by atoms with Crippen LogP contribution in [0.3, 0.4) is 0 Å². The van der Waals surface area contributed by atoms with Gasteiger partial charge in [-0.25, -0.2) is 9.78 Å². The molecule has 1 aromatic rings. The van der Waals surface area contributed by atoms with Crippen LogP contribution in [0.25, 0.3) is 0 Å². The van der Waals surface area contributed by atoms with E-state index in [1.165, 1.54) is 0 Å². The number of aromatic nitrogens is 1. The Hall–Kier alpha value is -1.63. The van der Waals surface area contributed by atoms with Crippen LogP contribution in [0, 0.1) is 6.92 Å². The minimum absolute atomic E-state index is 0.109. The monoisotopic (exact) mass is 397 g/mol. The number of hydrogen-bond donors (Lipinski definition) is 1. The Morgan fingerprint density at radius 1 is 1.42 bits per heavy atom. The second kappa shape index (κ2) is 7.51. The van der Waals surface area contributed by atoms with E-state index in [9.17, 15) is 9.59 Å². The largest absolute Gasteiger partial charge is 0.444 e. The predicted octanol–water partition coefficient (Wildman–Crippen LogP) is 3.28. The van der Waals surface area contributed by atoms with Crippen LogP contribution in [-0.4, -0.2) is 46.6 Å². The maximum atomic E-state index is 12.7. The number of rotatable bonds is 2. The summed E-state index contributed by atoms with van der Waals surface area (Å²) in [5.74, 6) is -0.127. The molecule has 1 saturated heterocycles. The average Bonchev–Trinajstić information content (AvgIpc) is 2.44. The number of amides is 2. The van der Waals surface area contributed by atoms with E-state index in [1.54, 1.807) is 11.1 Å². The first-order chi connectivity index (χ1) is 11.2. The minimum Gasteiger partial charge on any atom is -0.444 e. The number of carbonyl (C=O) groups excluding carboxylic acids is 2. The first-order valence-corrected chi connectivity index (χ1v) is 8.86. The van der Waals surface area contributed by atoms with Crippen LogP contribution in [0.2, 0.25) is 0 Å². The molecule has 24 heavy (non-hydrogen) atoms. The molecule has 0 aromatic carbocycles. The quantitative estimate of drug-likeness (QED) is 0.830. The summed E-state index contributed by atoms with van der Waals surface area (Å²) in [5, 5.41) is 2.85. The molecule has 0 aliphatic carbocycles. The molecule has 7 heteroatoms. The zero-order valence-corrected chi connectivity index (χ0v) is 16.1. The number of hydrogen-bond acceptors (Lipinski definition) is 4. The van der Waals surface area contributed by atoms with Gasteiger partial charge in [-0.1, -0.05) is 0 Å². The van der Waals surface area contributed by atoms with Gasteiger partial charge in [0.05, 0.1) is 0 Å². The van der Waals surface area contributed by atoms with Crippen LogP contribution < -0.4 is 5.32 Å². The van der Waals surface area contributed by atoms with E-state index >= 15 is 0 Å². The molecule has 1 atom stereocenters. The molecule has 0 bridgehead atoms. The van der Waals surface area contributed by atoms with E-state index in [4.69, 9.17) is 4.74 Å². The summed E-state index contributed by atoms with van der Waals surface area (Å²) in [6.45, 7) is 8.51. The van der Waals surface area contributed by atoms with Crippen molar-refractivity contribution in [3.05, 3.63) is 28.0 Å². The highest BCUT2D eigenvalue weighted by molar-refractivity contribution is 9.10. The van der Waals surface area contributed by atoms with Gasteiger partial charge in [0.25, 0.3) is 5.91 Å². The number of piperidine rings is 1. The normalized spacial score (nSPS) is 18.2. The second-order valence-corrected chi connectivity index (χ2v) is 7.93. The van der Waals surface area contributed by atoms with Gasteiger partial charge in [0.15, 0.2) is 0 Å². The van der Waals surface area contributed by atoms with Crippen molar-refractivity contribution in [3.8, 4) is 0 Å². The molecule has 132 valence electrons. The number of aryl methyl sites for hydroxylation is 1. The van der Waals surface area contributed by atoms with E-state index in [0.717, 1.165) is 18.4 Å². The number of ether oxygens (including phenoxy) is 1. The number of alkyl carbamates (subject to hydrolysis) is 1. The second-order valence-electron chi connectivity index (χ2n) is 7.08. The van der Waals surface area contributed by atoms with Crippen molar-refractivity contribution in [3.63, 3.8) is 0 Å². The first kappa shape index (κ1) is 18.7. The summed E-state index contributed by atoms with van der Waals surface area (Å²) in [5.41, 5.74) is 0.852. The molecule has 1 fully saturated rings. The molecule has 0 radical (unpaired) electrons. The summed E-state index contributed by atoms with van der Waals surface area (Å²) in [6.07, 6.45) is 2.89. The average molecular weight is 398 g/mol. The molecule has 1 aromatic heterocycles. The van der Waals surface area contributed by atoms with Crippen molar-refractivity contribution in [1.29, 1.82) is 0 Å². The Kier molecular flexibility index (Phi) is 5.85. The van der Waals surface area contributed by atoms with Gasteiger partial charge in [-0.2, -0.15) is 0 Å². The smallest absolute Gasteiger partial charge is 0.407 e. The number of nitrogens with zero attached hydrogens (tertiary/aromatic N) is 2. The van der Waals surface area contributed by atoms with Crippen LogP contribution >= 0.6 is 15.9 Å².